The van der Waals surface area contributed by atoms with Crippen molar-refractivity contribution < 1.29 is 38.4 Å². The zero-order valence-electron chi connectivity index (χ0n) is 12.0. The van der Waals surface area contributed by atoms with Gasteiger partial charge in [-0.05, 0) is 19.1 Å². The van der Waals surface area contributed by atoms with Crippen molar-refractivity contribution in [3.8, 4) is 0 Å². The van der Waals surface area contributed by atoms with E-state index in [2.05, 4.69) is 0 Å². The van der Waals surface area contributed by atoms with E-state index < -0.39 is 40.3 Å². The first-order chi connectivity index (χ1) is 10.6. The number of hydrogen-bond acceptors (Lipinski definition) is 8. The first-order valence-corrected chi connectivity index (χ1v) is 7.94. The summed E-state index contributed by atoms with van der Waals surface area (Å²) in [4.78, 5) is 20.9. The zero-order chi connectivity index (χ0) is 17.8. The number of aliphatic hydroxyl groups excluding tert-OH is 4. The average molecular weight is 347 g/mol. The molecule has 5 N–H and O–H groups in total. The fourth-order valence-corrected chi connectivity index (χ4v) is 2.86. The number of amides is 1. The molecule has 0 saturated heterocycles. The van der Waals surface area contributed by atoms with Crippen molar-refractivity contribution in [2.75, 3.05) is 0 Å². The molecule has 10 heteroatoms. The predicted octanol–water partition coefficient (Wildman–Crippen LogP) is -2.23. The predicted molar refractivity (Wildman–Crippen MR) is 76.9 cm³/mol. The number of fused-ring (bicyclic) bond motifs is 1. The van der Waals surface area contributed by atoms with Gasteiger partial charge in [-0.2, -0.15) is 0 Å². The van der Waals surface area contributed by atoms with Crippen molar-refractivity contribution in [2.45, 2.75) is 36.2 Å². The molecule has 0 fully saturated rings. The van der Waals surface area contributed by atoms with Crippen molar-refractivity contribution in [1.29, 1.82) is 0 Å². The van der Waals surface area contributed by atoms with Gasteiger partial charge in [0.2, 0.25) is 0 Å². The second-order valence-electron chi connectivity index (χ2n) is 4.78. The lowest BCUT2D eigenvalue weighted by Gasteiger charge is -2.21. The van der Waals surface area contributed by atoms with E-state index >= 15 is 0 Å². The van der Waals surface area contributed by atoms with Crippen molar-refractivity contribution in [3.63, 3.8) is 0 Å². The lowest BCUT2D eigenvalue weighted by molar-refractivity contribution is -0.132. The van der Waals surface area contributed by atoms with Crippen molar-refractivity contribution in [1.82, 2.24) is 4.72 Å². The Kier molecular flexibility index (Phi) is 6.36. The summed E-state index contributed by atoms with van der Waals surface area (Å²) in [6.07, 6.45) is -5.88. The van der Waals surface area contributed by atoms with Crippen LogP contribution in [0.1, 0.15) is 17.3 Å². The Morgan fingerprint density at radius 3 is 2.13 bits per heavy atom. The minimum atomic E-state index is -3.55. The van der Waals surface area contributed by atoms with Gasteiger partial charge in [-0.1, -0.05) is 12.1 Å². The zero-order valence-corrected chi connectivity index (χ0v) is 12.8. The number of hydrogen-bond donors (Lipinski definition) is 5. The Morgan fingerprint density at radius 2 is 1.65 bits per heavy atom. The largest absolute Gasteiger partial charge is 0.391 e. The van der Waals surface area contributed by atoms with Crippen LogP contribution >= 0.6 is 0 Å². The van der Waals surface area contributed by atoms with Crippen LogP contribution in [-0.2, 0) is 14.8 Å². The third-order valence-electron chi connectivity index (χ3n) is 2.98. The number of aliphatic hydroxyl groups is 4. The highest BCUT2D eigenvalue weighted by Gasteiger charge is 2.31. The van der Waals surface area contributed by atoms with E-state index in [1.807, 2.05) is 4.72 Å². The van der Waals surface area contributed by atoms with Gasteiger partial charge in [0, 0.05) is 0 Å². The third kappa shape index (κ3) is 4.56. The summed E-state index contributed by atoms with van der Waals surface area (Å²) in [5, 5.41) is 35.1. The molecule has 0 spiro atoms. The number of carbonyl (C=O) groups excluding carboxylic acids is 2. The van der Waals surface area contributed by atoms with Crippen molar-refractivity contribution in [3.05, 3.63) is 29.8 Å². The molecule has 4 atom stereocenters. The van der Waals surface area contributed by atoms with Gasteiger partial charge < -0.3 is 25.2 Å². The van der Waals surface area contributed by atoms with Gasteiger partial charge in [-0.15, -0.1) is 0 Å². The Labute approximate surface area is 132 Å². The molecule has 1 aromatic rings. The molecular formula is C13H17NO8S. The smallest absolute Gasteiger partial charge is 0.266 e. The molecule has 0 radical (unpaired) electrons. The van der Waals surface area contributed by atoms with Gasteiger partial charge in [0.25, 0.3) is 15.9 Å². The van der Waals surface area contributed by atoms with E-state index in [0.717, 1.165) is 0 Å². The Morgan fingerprint density at radius 1 is 1.09 bits per heavy atom. The fraction of sp³-hybridized carbons (Fsp3) is 0.385. The van der Waals surface area contributed by atoms with E-state index in [0.29, 0.717) is 0 Å². The SMILES string of the molecule is C[C@@H](O)[C@H](O)[C@H](O)[C@@H](O)C=O.O=C1NS(=O)(=O)c2ccccc21. The third-order valence-corrected chi connectivity index (χ3v) is 4.37. The first kappa shape index (κ1) is 19.2. The van der Waals surface area contributed by atoms with Crippen LogP contribution in [0.3, 0.4) is 0 Å². The lowest BCUT2D eigenvalue weighted by atomic mass is 10.1. The highest BCUT2D eigenvalue weighted by atomic mass is 32.2. The normalized spacial score (nSPS) is 20.1. The van der Waals surface area contributed by atoms with E-state index in [4.69, 9.17) is 20.4 Å². The molecule has 128 valence electrons. The van der Waals surface area contributed by atoms with Crippen LogP contribution in [0.25, 0.3) is 0 Å². The summed E-state index contributed by atoms with van der Waals surface area (Å²) in [6.45, 7) is 1.24. The molecule has 1 heterocycles. The first-order valence-electron chi connectivity index (χ1n) is 6.45. The van der Waals surface area contributed by atoms with Crippen LogP contribution in [0.5, 0.6) is 0 Å². The molecule has 0 bridgehead atoms. The van der Waals surface area contributed by atoms with E-state index in [1.165, 1.54) is 19.1 Å². The molecular weight excluding hydrogens is 330 g/mol. The molecule has 1 aromatic carbocycles. The van der Waals surface area contributed by atoms with Gasteiger partial charge in [-0.25, -0.2) is 13.1 Å². The van der Waals surface area contributed by atoms with Gasteiger partial charge in [0.1, 0.15) is 23.2 Å². The van der Waals surface area contributed by atoms with E-state index in [-0.39, 0.29) is 16.7 Å². The lowest BCUT2D eigenvalue weighted by Crippen LogP contribution is -2.43. The highest BCUT2D eigenvalue weighted by molar-refractivity contribution is 7.90. The van der Waals surface area contributed by atoms with Crippen LogP contribution in [0.15, 0.2) is 29.2 Å². The van der Waals surface area contributed by atoms with Crippen molar-refractivity contribution in [2.24, 2.45) is 0 Å². The number of aldehydes is 1. The number of nitrogens with one attached hydrogen (secondary N) is 1. The van der Waals surface area contributed by atoms with Crippen LogP contribution in [0, 0.1) is 0 Å². The molecule has 0 aromatic heterocycles. The van der Waals surface area contributed by atoms with Crippen LogP contribution in [-0.4, -0.2) is 65.5 Å². The molecule has 0 saturated carbocycles. The van der Waals surface area contributed by atoms with Gasteiger partial charge in [0.15, 0.2) is 6.29 Å². The highest BCUT2D eigenvalue weighted by Crippen LogP contribution is 2.20. The summed E-state index contributed by atoms with van der Waals surface area (Å²) in [6, 6.07) is 6.09. The molecule has 0 aliphatic carbocycles. The van der Waals surface area contributed by atoms with Crippen LogP contribution in [0.2, 0.25) is 0 Å². The number of sulfonamides is 1. The topological polar surface area (TPSA) is 161 Å². The molecule has 1 aliphatic heterocycles. The van der Waals surface area contributed by atoms with E-state index in [1.54, 1.807) is 12.1 Å². The van der Waals surface area contributed by atoms with Gasteiger partial charge in [-0.3, -0.25) is 4.79 Å². The second-order valence-corrected chi connectivity index (χ2v) is 6.43. The molecule has 2 rings (SSSR count). The van der Waals surface area contributed by atoms with Crippen molar-refractivity contribution >= 4 is 22.2 Å². The Balaban J connectivity index is 0.000000232. The van der Waals surface area contributed by atoms with Crippen LogP contribution in [0.4, 0.5) is 0 Å². The molecule has 0 unspecified atom stereocenters. The maximum Gasteiger partial charge on any atom is 0.266 e. The average Bonchev–Trinajstić information content (AvgIpc) is 2.75. The number of rotatable bonds is 4. The number of carbonyl (C=O) groups is 2. The molecule has 23 heavy (non-hydrogen) atoms. The Bertz CT molecular complexity index is 672. The fourth-order valence-electron chi connectivity index (χ4n) is 1.69. The minimum absolute atomic E-state index is 0.0648. The summed E-state index contributed by atoms with van der Waals surface area (Å²) in [5.41, 5.74) is 0.220. The molecule has 1 amide bonds. The second kappa shape index (κ2) is 7.62. The maximum atomic E-state index is 11.1. The Hall–Kier alpha value is -1.85. The summed E-state index contributed by atoms with van der Waals surface area (Å²) in [7, 11) is -3.55. The summed E-state index contributed by atoms with van der Waals surface area (Å²) in [5.74, 6) is -0.550. The molecule has 9 nitrogen and oxygen atoms in total. The van der Waals surface area contributed by atoms with E-state index in [9.17, 15) is 18.0 Å². The van der Waals surface area contributed by atoms with Gasteiger partial charge in [0.05, 0.1) is 11.7 Å². The van der Waals surface area contributed by atoms with Gasteiger partial charge >= 0.3 is 0 Å². The van der Waals surface area contributed by atoms with Crippen LogP contribution < -0.4 is 4.72 Å². The quantitative estimate of drug-likeness (QED) is 0.382. The maximum absolute atomic E-state index is 11.1. The number of benzene rings is 1. The summed E-state index contributed by atoms with van der Waals surface area (Å²) >= 11 is 0. The monoisotopic (exact) mass is 347 g/mol. The summed E-state index contributed by atoms with van der Waals surface area (Å²) < 4.78 is 24.2. The standard InChI is InChI=1S/C7H5NO3S.C6H12O5/c9-7-5-3-1-2-4-6(5)12(10,11)8-7;1-3(8)5(10)6(11)4(9)2-7/h1-4H,(H,8,9);2-6,8-11H,1H3/t;3-,4+,5+,6-/m.1/s1. The molecule has 1 aliphatic rings. The minimum Gasteiger partial charge on any atom is -0.391 e.